The molecule has 0 radical (unpaired) electrons. The Bertz CT molecular complexity index is 846. The number of carbonyl (C=O) groups is 2. The molecule has 0 saturated heterocycles. The molecule has 186 valence electrons. The van der Waals surface area contributed by atoms with Gasteiger partial charge >= 0.3 is 12.1 Å². The summed E-state index contributed by atoms with van der Waals surface area (Å²) in [4.78, 5) is 26.5. The van der Waals surface area contributed by atoms with E-state index in [1.54, 1.807) is 30.9 Å². The lowest BCUT2D eigenvalue weighted by Crippen LogP contribution is -2.36. The standard InChI is InChI=1S/C26H35NO6S/c1-3-31-24(25(28)29)20-21-12-14-22(15-13-21)33-18-17-27(26(30)32-4-2)16-8-9-19-34-23-10-6-5-7-11-23/h5-7,10-15,24H,3-4,8-9,16-20H2,1-2H3,(H,28,29). The van der Waals surface area contributed by atoms with E-state index in [4.69, 9.17) is 14.2 Å². The van der Waals surface area contributed by atoms with Crippen LogP contribution < -0.4 is 4.74 Å². The predicted molar refractivity (Wildman–Crippen MR) is 134 cm³/mol. The van der Waals surface area contributed by atoms with Crippen LogP contribution in [0.5, 0.6) is 5.75 Å². The van der Waals surface area contributed by atoms with E-state index < -0.39 is 12.1 Å². The maximum Gasteiger partial charge on any atom is 0.409 e. The van der Waals surface area contributed by atoms with E-state index in [1.165, 1.54) is 4.90 Å². The third-order valence-electron chi connectivity index (χ3n) is 4.98. The first-order chi connectivity index (χ1) is 16.5. The summed E-state index contributed by atoms with van der Waals surface area (Å²) >= 11 is 1.81. The van der Waals surface area contributed by atoms with Gasteiger partial charge in [0, 0.05) is 24.5 Å². The van der Waals surface area contributed by atoms with Crippen LogP contribution in [0.1, 0.15) is 32.3 Å². The monoisotopic (exact) mass is 489 g/mol. The number of carboxylic acid groups (broad SMARTS) is 1. The van der Waals surface area contributed by atoms with Crippen LogP contribution in [0.4, 0.5) is 4.79 Å². The molecular formula is C26H35NO6S. The lowest BCUT2D eigenvalue weighted by molar-refractivity contribution is -0.149. The zero-order valence-corrected chi connectivity index (χ0v) is 20.8. The molecule has 0 bridgehead atoms. The van der Waals surface area contributed by atoms with Gasteiger partial charge in [0.05, 0.1) is 13.2 Å². The van der Waals surface area contributed by atoms with E-state index in [1.807, 2.05) is 42.1 Å². The summed E-state index contributed by atoms with van der Waals surface area (Å²) in [6, 6.07) is 17.5. The molecule has 8 heteroatoms. The van der Waals surface area contributed by atoms with Crippen LogP contribution in [-0.2, 0) is 20.7 Å². The molecule has 1 N–H and O–H groups in total. The van der Waals surface area contributed by atoms with Gasteiger partial charge in [0.15, 0.2) is 6.10 Å². The normalized spacial score (nSPS) is 11.6. The van der Waals surface area contributed by atoms with Crippen molar-refractivity contribution < 1.29 is 28.9 Å². The van der Waals surface area contributed by atoms with E-state index >= 15 is 0 Å². The van der Waals surface area contributed by atoms with Gasteiger partial charge in [-0.1, -0.05) is 30.3 Å². The molecule has 0 aliphatic heterocycles. The number of carboxylic acids is 1. The molecule has 0 fully saturated rings. The number of thioether (sulfide) groups is 1. The molecule has 0 heterocycles. The maximum absolute atomic E-state index is 12.3. The van der Waals surface area contributed by atoms with Crippen LogP contribution in [0.15, 0.2) is 59.5 Å². The van der Waals surface area contributed by atoms with Crippen molar-refractivity contribution in [3.05, 3.63) is 60.2 Å². The van der Waals surface area contributed by atoms with Crippen LogP contribution in [0.3, 0.4) is 0 Å². The van der Waals surface area contributed by atoms with Gasteiger partial charge in [0.2, 0.25) is 0 Å². The van der Waals surface area contributed by atoms with Gasteiger partial charge in [-0.3, -0.25) is 0 Å². The first-order valence-corrected chi connectivity index (χ1v) is 12.7. The summed E-state index contributed by atoms with van der Waals surface area (Å²) < 4.78 is 16.3. The van der Waals surface area contributed by atoms with Gasteiger partial charge in [0.25, 0.3) is 0 Å². The maximum atomic E-state index is 12.3. The number of rotatable bonds is 16. The molecule has 0 saturated carbocycles. The van der Waals surface area contributed by atoms with Crippen LogP contribution in [0.2, 0.25) is 0 Å². The molecule has 1 unspecified atom stereocenters. The molecule has 1 atom stereocenters. The first-order valence-electron chi connectivity index (χ1n) is 11.7. The van der Waals surface area contributed by atoms with Gasteiger partial charge in [-0.05, 0) is 62.3 Å². The number of amides is 1. The summed E-state index contributed by atoms with van der Waals surface area (Å²) in [6.45, 7) is 5.64. The molecule has 34 heavy (non-hydrogen) atoms. The summed E-state index contributed by atoms with van der Waals surface area (Å²) in [5, 5.41) is 9.22. The van der Waals surface area contributed by atoms with Crippen molar-refractivity contribution in [2.75, 3.05) is 38.7 Å². The van der Waals surface area contributed by atoms with Crippen molar-refractivity contribution in [2.45, 2.75) is 44.1 Å². The molecule has 0 aromatic heterocycles. The Kier molecular flexibility index (Phi) is 13.0. The summed E-state index contributed by atoms with van der Waals surface area (Å²) in [5.41, 5.74) is 0.856. The average molecular weight is 490 g/mol. The van der Waals surface area contributed by atoms with E-state index in [9.17, 15) is 14.7 Å². The van der Waals surface area contributed by atoms with Gasteiger partial charge < -0.3 is 24.2 Å². The highest BCUT2D eigenvalue weighted by Crippen LogP contribution is 2.19. The molecule has 2 rings (SSSR count). The zero-order valence-electron chi connectivity index (χ0n) is 20.0. The van der Waals surface area contributed by atoms with Gasteiger partial charge in [-0.15, -0.1) is 11.8 Å². The van der Waals surface area contributed by atoms with Crippen molar-refractivity contribution in [2.24, 2.45) is 0 Å². The molecule has 7 nitrogen and oxygen atoms in total. The summed E-state index contributed by atoms with van der Waals surface area (Å²) in [6.07, 6.45) is 0.992. The second-order valence-electron chi connectivity index (χ2n) is 7.53. The Balaban J connectivity index is 1.76. The fourth-order valence-corrected chi connectivity index (χ4v) is 4.18. The average Bonchev–Trinajstić information content (AvgIpc) is 2.84. The van der Waals surface area contributed by atoms with Crippen molar-refractivity contribution in [1.82, 2.24) is 4.90 Å². The topological polar surface area (TPSA) is 85.3 Å². The lowest BCUT2D eigenvalue weighted by Gasteiger charge is -2.22. The minimum atomic E-state index is -0.972. The highest BCUT2D eigenvalue weighted by Gasteiger charge is 2.18. The number of hydrogen-bond donors (Lipinski definition) is 1. The van der Waals surface area contributed by atoms with Crippen molar-refractivity contribution in [3.8, 4) is 5.75 Å². The van der Waals surface area contributed by atoms with E-state index in [0.717, 1.165) is 24.2 Å². The van der Waals surface area contributed by atoms with Crippen LogP contribution >= 0.6 is 11.8 Å². The Hall–Kier alpha value is -2.71. The van der Waals surface area contributed by atoms with Crippen LogP contribution in [0.25, 0.3) is 0 Å². The number of unbranched alkanes of at least 4 members (excludes halogenated alkanes) is 1. The highest BCUT2D eigenvalue weighted by atomic mass is 32.2. The minimum Gasteiger partial charge on any atom is -0.492 e. The third kappa shape index (κ3) is 10.5. The van der Waals surface area contributed by atoms with Crippen LogP contribution in [-0.4, -0.2) is 66.8 Å². The largest absolute Gasteiger partial charge is 0.492 e. The van der Waals surface area contributed by atoms with E-state index in [0.29, 0.717) is 45.1 Å². The predicted octanol–water partition coefficient (Wildman–Crippen LogP) is 5.13. The fourth-order valence-electron chi connectivity index (χ4n) is 3.25. The SMILES string of the molecule is CCOC(=O)N(CCCCSc1ccccc1)CCOc1ccc(CC(OCC)C(=O)O)cc1. The highest BCUT2D eigenvalue weighted by molar-refractivity contribution is 7.99. The number of aliphatic carboxylic acids is 1. The number of nitrogens with zero attached hydrogens (tertiary/aromatic N) is 1. The Labute approximate surface area is 206 Å². The molecule has 1 amide bonds. The molecule has 0 spiro atoms. The van der Waals surface area contributed by atoms with Gasteiger partial charge in [0.1, 0.15) is 12.4 Å². The molecule has 2 aromatic carbocycles. The quantitative estimate of drug-likeness (QED) is 0.258. The molecule has 2 aromatic rings. The van der Waals surface area contributed by atoms with Crippen molar-refractivity contribution >= 4 is 23.8 Å². The first kappa shape index (κ1) is 27.5. The Morgan fingerprint density at radius 2 is 1.71 bits per heavy atom. The minimum absolute atomic E-state index is 0.294. The zero-order chi connectivity index (χ0) is 24.6. The van der Waals surface area contributed by atoms with Gasteiger partial charge in [-0.25, -0.2) is 9.59 Å². The molecule has 0 aliphatic carbocycles. The Morgan fingerprint density at radius 1 is 0.971 bits per heavy atom. The summed E-state index contributed by atoms with van der Waals surface area (Å²) in [5.74, 6) is 0.685. The lowest BCUT2D eigenvalue weighted by atomic mass is 10.1. The number of carbonyl (C=O) groups excluding carboxylic acids is 1. The number of hydrogen-bond acceptors (Lipinski definition) is 6. The van der Waals surface area contributed by atoms with Crippen molar-refractivity contribution in [3.63, 3.8) is 0 Å². The second-order valence-corrected chi connectivity index (χ2v) is 8.70. The van der Waals surface area contributed by atoms with E-state index in [-0.39, 0.29) is 6.09 Å². The number of benzene rings is 2. The van der Waals surface area contributed by atoms with E-state index in [2.05, 4.69) is 12.1 Å². The molecule has 0 aliphatic rings. The number of ether oxygens (including phenoxy) is 3. The molecular weight excluding hydrogens is 454 g/mol. The van der Waals surface area contributed by atoms with Crippen LogP contribution in [0, 0.1) is 0 Å². The third-order valence-corrected chi connectivity index (χ3v) is 6.08. The fraction of sp³-hybridized carbons (Fsp3) is 0.462. The smallest absolute Gasteiger partial charge is 0.409 e. The summed E-state index contributed by atoms with van der Waals surface area (Å²) in [7, 11) is 0. The van der Waals surface area contributed by atoms with Crippen molar-refractivity contribution in [1.29, 1.82) is 0 Å². The van der Waals surface area contributed by atoms with Gasteiger partial charge in [-0.2, -0.15) is 0 Å². The Morgan fingerprint density at radius 3 is 2.35 bits per heavy atom. The second kappa shape index (κ2) is 16.0.